The van der Waals surface area contributed by atoms with Gasteiger partial charge in [0.1, 0.15) is 16.7 Å². The molecule has 0 amide bonds. The monoisotopic (exact) mass is 303 g/mol. The largest absolute Gasteiger partial charge is 0.380 e. The maximum absolute atomic E-state index is 12.3. The zero-order valence-electron chi connectivity index (χ0n) is 11.3. The lowest BCUT2D eigenvalue weighted by molar-refractivity contribution is 0.185. The van der Waals surface area contributed by atoms with Crippen LogP contribution in [0.1, 0.15) is 11.3 Å². The van der Waals surface area contributed by atoms with Gasteiger partial charge in [-0.15, -0.1) is 0 Å². The summed E-state index contributed by atoms with van der Waals surface area (Å²) >= 11 is 0. The van der Waals surface area contributed by atoms with Crippen LogP contribution in [0.25, 0.3) is 0 Å². The van der Waals surface area contributed by atoms with E-state index in [1.54, 1.807) is 24.3 Å². The SMILES string of the molecule is COCc1ccccc1NS(=O)(=O)c1ccc(C#N)nc1. The Morgan fingerprint density at radius 2 is 2.05 bits per heavy atom. The van der Waals surface area contributed by atoms with Crippen LogP contribution in [0.5, 0.6) is 0 Å². The Labute approximate surface area is 123 Å². The van der Waals surface area contributed by atoms with Crippen molar-refractivity contribution in [2.45, 2.75) is 11.5 Å². The summed E-state index contributed by atoms with van der Waals surface area (Å²) in [6.07, 6.45) is 1.15. The maximum atomic E-state index is 12.3. The molecule has 108 valence electrons. The van der Waals surface area contributed by atoms with E-state index in [4.69, 9.17) is 10.00 Å². The second kappa shape index (κ2) is 6.35. The summed E-state index contributed by atoms with van der Waals surface area (Å²) in [4.78, 5) is 3.75. The highest BCUT2D eigenvalue weighted by atomic mass is 32.2. The first-order valence-corrected chi connectivity index (χ1v) is 7.51. The number of anilines is 1. The first-order valence-electron chi connectivity index (χ1n) is 6.02. The van der Waals surface area contributed by atoms with Gasteiger partial charge in [0.25, 0.3) is 10.0 Å². The van der Waals surface area contributed by atoms with Crippen LogP contribution in [0.4, 0.5) is 5.69 Å². The van der Waals surface area contributed by atoms with Crippen molar-refractivity contribution in [3.8, 4) is 6.07 Å². The Balaban J connectivity index is 2.31. The standard InChI is InChI=1S/C14H13N3O3S/c1-20-10-11-4-2-3-5-14(11)17-21(18,19)13-7-6-12(8-15)16-9-13/h2-7,9,17H,10H2,1H3. The first-order chi connectivity index (χ1) is 10.1. The van der Waals surface area contributed by atoms with Crippen LogP contribution in [0, 0.1) is 11.3 Å². The highest BCUT2D eigenvalue weighted by Gasteiger charge is 2.16. The van der Waals surface area contributed by atoms with E-state index in [2.05, 4.69) is 9.71 Å². The molecule has 0 unspecified atom stereocenters. The fourth-order valence-electron chi connectivity index (χ4n) is 1.71. The fraction of sp³-hybridized carbons (Fsp3) is 0.143. The zero-order valence-corrected chi connectivity index (χ0v) is 12.1. The molecule has 0 bridgehead atoms. The zero-order chi connectivity index (χ0) is 15.3. The number of methoxy groups -OCH3 is 1. The Morgan fingerprint density at radius 1 is 1.29 bits per heavy atom. The maximum Gasteiger partial charge on any atom is 0.263 e. The lowest BCUT2D eigenvalue weighted by atomic mass is 10.2. The number of nitriles is 1. The third-order valence-electron chi connectivity index (χ3n) is 2.72. The molecule has 2 aromatic rings. The summed E-state index contributed by atoms with van der Waals surface area (Å²) in [6.45, 7) is 0.296. The molecule has 0 aliphatic rings. The van der Waals surface area contributed by atoms with E-state index in [-0.39, 0.29) is 10.6 Å². The summed E-state index contributed by atoms with van der Waals surface area (Å²) in [7, 11) is -2.22. The minimum Gasteiger partial charge on any atom is -0.380 e. The molecular weight excluding hydrogens is 290 g/mol. The average molecular weight is 303 g/mol. The molecule has 0 aliphatic heterocycles. The minimum atomic E-state index is -3.76. The van der Waals surface area contributed by atoms with E-state index in [0.29, 0.717) is 12.3 Å². The van der Waals surface area contributed by atoms with E-state index >= 15 is 0 Å². The predicted octanol–water partition coefficient (Wildman–Crippen LogP) is 1.90. The molecule has 7 heteroatoms. The Kier molecular flexibility index (Phi) is 4.52. The van der Waals surface area contributed by atoms with Crippen molar-refractivity contribution in [2.24, 2.45) is 0 Å². The van der Waals surface area contributed by atoms with Gasteiger partial charge in [-0.25, -0.2) is 13.4 Å². The summed E-state index contributed by atoms with van der Waals surface area (Å²) in [5.41, 5.74) is 1.34. The van der Waals surface area contributed by atoms with Gasteiger partial charge in [0, 0.05) is 18.9 Å². The Morgan fingerprint density at radius 3 is 2.67 bits per heavy atom. The lowest BCUT2D eigenvalue weighted by Gasteiger charge is -2.11. The predicted molar refractivity (Wildman–Crippen MR) is 76.9 cm³/mol. The lowest BCUT2D eigenvalue weighted by Crippen LogP contribution is -2.14. The molecule has 0 saturated heterocycles. The van der Waals surface area contributed by atoms with Gasteiger partial charge in [0.15, 0.2) is 0 Å². The third-order valence-corrected chi connectivity index (χ3v) is 4.07. The number of nitrogens with zero attached hydrogens (tertiary/aromatic N) is 2. The average Bonchev–Trinajstić information content (AvgIpc) is 2.49. The third kappa shape index (κ3) is 3.56. The van der Waals surface area contributed by atoms with Gasteiger partial charge in [-0.2, -0.15) is 5.26 Å². The molecule has 0 atom stereocenters. The molecule has 1 aromatic heterocycles. The number of hydrogen-bond acceptors (Lipinski definition) is 5. The van der Waals surface area contributed by atoms with Crippen LogP contribution >= 0.6 is 0 Å². The molecule has 0 radical (unpaired) electrons. The fourth-order valence-corrected chi connectivity index (χ4v) is 2.76. The highest BCUT2D eigenvalue weighted by molar-refractivity contribution is 7.92. The number of benzene rings is 1. The van der Waals surface area contributed by atoms with E-state index in [9.17, 15) is 8.42 Å². The van der Waals surface area contributed by atoms with Crippen LogP contribution in [-0.4, -0.2) is 20.5 Å². The molecule has 0 aliphatic carbocycles. The Bertz CT molecular complexity index is 765. The number of rotatable bonds is 5. The minimum absolute atomic E-state index is 0.00581. The van der Waals surface area contributed by atoms with E-state index in [1.807, 2.05) is 6.07 Å². The van der Waals surface area contributed by atoms with Crippen molar-refractivity contribution in [3.63, 3.8) is 0 Å². The van der Waals surface area contributed by atoms with Crippen molar-refractivity contribution < 1.29 is 13.2 Å². The quantitative estimate of drug-likeness (QED) is 0.910. The smallest absolute Gasteiger partial charge is 0.263 e. The number of aromatic nitrogens is 1. The van der Waals surface area contributed by atoms with E-state index < -0.39 is 10.0 Å². The van der Waals surface area contributed by atoms with Crippen molar-refractivity contribution in [1.29, 1.82) is 5.26 Å². The summed E-state index contributed by atoms with van der Waals surface area (Å²) in [5.74, 6) is 0. The van der Waals surface area contributed by atoms with Crippen LogP contribution in [0.2, 0.25) is 0 Å². The summed E-state index contributed by atoms with van der Waals surface area (Å²) in [5, 5.41) is 8.67. The second-order valence-corrected chi connectivity index (χ2v) is 5.87. The van der Waals surface area contributed by atoms with Gasteiger partial charge in [-0.3, -0.25) is 4.72 Å². The van der Waals surface area contributed by atoms with Crippen LogP contribution in [0.3, 0.4) is 0 Å². The topological polar surface area (TPSA) is 92.1 Å². The van der Waals surface area contributed by atoms with Crippen LogP contribution < -0.4 is 4.72 Å². The van der Waals surface area contributed by atoms with Gasteiger partial charge in [-0.1, -0.05) is 18.2 Å². The van der Waals surface area contributed by atoms with Crippen molar-refractivity contribution in [2.75, 3.05) is 11.8 Å². The molecule has 0 saturated carbocycles. The summed E-state index contributed by atoms with van der Waals surface area (Å²) in [6, 6.07) is 11.5. The number of sulfonamides is 1. The van der Waals surface area contributed by atoms with Crippen LogP contribution in [0.15, 0.2) is 47.5 Å². The molecule has 0 spiro atoms. The van der Waals surface area contributed by atoms with Crippen LogP contribution in [-0.2, 0) is 21.4 Å². The molecule has 1 aromatic carbocycles. The number of pyridine rings is 1. The van der Waals surface area contributed by atoms with Crippen molar-refractivity contribution >= 4 is 15.7 Å². The molecular formula is C14H13N3O3S. The van der Waals surface area contributed by atoms with Gasteiger partial charge in [0.2, 0.25) is 0 Å². The Hall–Kier alpha value is -2.43. The molecule has 6 nitrogen and oxygen atoms in total. The van der Waals surface area contributed by atoms with Gasteiger partial charge >= 0.3 is 0 Å². The van der Waals surface area contributed by atoms with Gasteiger partial charge in [-0.05, 0) is 18.2 Å². The van der Waals surface area contributed by atoms with E-state index in [0.717, 1.165) is 11.8 Å². The normalized spacial score (nSPS) is 10.9. The first kappa shape index (κ1) is 15.0. The van der Waals surface area contributed by atoms with Crippen molar-refractivity contribution in [3.05, 3.63) is 53.9 Å². The van der Waals surface area contributed by atoms with Gasteiger partial charge in [0.05, 0.1) is 12.3 Å². The van der Waals surface area contributed by atoms with E-state index in [1.165, 1.54) is 19.2 Å². The molecule has 21 heavy (non-hydrogen) atoms. The van der Waals surface area contributed by atoms with Crippen molar-refractivity contribution in [1.82, 2.24) is 4.98 Å². The molecule has 0 fully saturated rings. The summed E-state index contributed by atoms with van der Waals surface area (Å²) < 4.78 is 32.1. The number of ether oxygens (including phenoxy) is 1. The van der Waals surface area contributed by atoms with Gasteiger partial charge < -0.3 is 4.74 Å². The molecule has 1 heterocycles. The number of hydrogen-bond donors (Lipinski definition) is 1. The number of nitrogens with one attached hydrogen (secondary N) is 1. The molecule has 2 rings (SSSR count). The highest BCUT2D eigenvalue weighted by Crippen LogP contribution is 2.20. The number of para-hydroxylation sites is 1. The second-order valence-electron chi connectivity index (χ2n) is 4.19. The molecule has 1 N–H and O–H groups in total.